The molecule has 0 spiro atoms. The number of anilines is 2. The molecule has 3 aromatic carbocycles. The summed E-state index contributed by atoms with van der Waals surface area (Å²) in [5.74, 6) is -0.325. The van der Waals surface area contributed by atoms with Crippen LogP contribution in [0.25, 0.3) is 0 Å². The van der Waals surface area contributed by atoms with E-state index in [2.05, 4.69) is 10.6 Å². The lowest BCUT2D eigenvalue weighted by Crippen LogP contribution is -2.31. The molecule has 8 nitrogen and oxygen atoms in total. The molecule has 0 saturated carbocycles. The number of nitro groups is 1. The van der Waals surface area contributed by atoms with Crippen LogP contribution >= 0.6 is 0 Å². The van der Waals surface area contributed by atoms with E-state index in [1.165, 1.54) is 6.07 Å². The van der Waals surface area contributed by atoms with Gasteiger partial charge in [-0.1, -0.05) is 18.2 Å². The van der Waals surface area contributed by atoms with Crippen molar-refractivity contribution in [1.82, 2.24) is 10.2 Å². The second kappa shape index (κ2) is 9.84. The number of aryl methyl sites for hydroxylation is 2. The van der Waals surface area contributed by atoms with E-state index >= 15 is 0 Å². The summed E-state index contributed by atoms with van der Waals surface area (Å²) in [4.78, 5) is 38.8. The zero-order chi connectivity index (χ0) is 24.2. The molecule has 0 bridgehead atoms. The summed E-state index contributed by atoms with van der Waals surface area (Å²) in [6, 6.07) is 17.1. The molecule has 4 rings (SSSR count). The van der Waals surface area contributed by atoms with Crippen molar-refractivity contribution >= 4 is 28.8 Å². The molecule has 0 unspecified atom stereocenters. The first-order valence-electron chi connectivity index (χ1n) is 11.1. The molecule has 0 heterocycles. The molecule has 0 saturated heterocycles. The van der Waals surface area contributed by atoms with Gasteiger partial charge >= 0.3 is 0 Å². The fraction of sp³-hybridized carbons (Fsp3) is 0.231. The van der Waals surface area contributed by atoms with Crippen molar-refractivity contribution in [1.29, 1.82) is 0 Å². The third-order valence-electron chi connectivity index (χ3n) is 5.85. The Balaban J connectivity index is 1.58. The standard InChI is InChI=1S/C26H26N4O4/c1-29(2)14-13-27-26(32)19-10-8-17-7-9-18-15-20(11-12-21(18)25(31)22(17)16-19)28-23-5-3-4-6-24(23)30(33)34/h3-6,8,10-12,15-16,28H,7,9,13-14H2,1-2H3,(H,27,32). The summed E-state index contributed by atoms with van der Waals surface area (Å²) < 4.78 is 0. The van der Waals surface area contributed by atoms with E-state index in [-0.39, 0.29) is 17.4 Å². The van der Waals surface area contributed by atoms with Crippen molar-refractivity contribution in [2.24, 2.45) is 0 Å². The Labute approximate surface area is 197 Å². The van der Waals surface area contributed by atoms with Crippen molar-refractivity contribution in [2.45, 2.75) is 12.8 Å². The quantitative estimate of drug-likeness (QED) is 0.410. The zero-order valence-corrected chi connectivity index (χ0v) is 19.1. The van der Waals surface area contributed by atoms with Crippen molar-refractivity contribution in [2.75, 3.05) is 32.5 Å². The number of benzene rings is 3. The highest BCUT2D eigenvalue weighted by Crippen LogP contribution is 2.31. The van der Waals surface area contributed by atoms with Gasteiger partial charge in [0.05, 0.1) is 4.92 Å². The van der Waals surface area contributed by atoms with Crippen LogP contribution in [0.3, 0.4) is 0 Å². The summed E-state index contributed by atoms with van der Waals surface area (Å²) in [5.41, 5.74) is 4.39. The number of carbonyl (C=O) groups excluding carboxylic acids is 2. The van der Waals surface area contributed by atoms with Crippen molar-refractivity contribution in [3.05, 3.63) is 98.6 Å². The van der Waals surface area contributed by atoms with Crippen LogP contribution in [0, 0.1) is 10.1 Å². The van der Waals surface area contributed by atoms with E-state index in [4.69, 9.17) is 0 Å². The van der Waals surface area contributed by atoms with Crippen LogP contribution in [-0.2, 0) is 12.8 Å². The van der Waals surface area contributed by atoms with E-state index in [1.807, 2.05) is 31.1 Å². The van der Waals surface area contributed by atoms with Crippen LogP contribution in [0.2, 0.25) is 0 Å². The Morgan fingerprint density at radius 2 is 1.76 bits per heavy atom. The van der Waals surface area contributed by atoms with Gasteiger partial charge in [-0.2, -0.15) is 0 Å². The topological polar surface area (TPSA) is 105 Å². The minimum atomic E-state index is -0.430. The van der Waals surface area contributed by atoms with Gasteiger partial charge in [0.2, 0.25) is 0 Å². The third kappa shape index (κ3) is 4.97. The predicted molar refractivity (Wildman–Crippen MR) is 131 cm³/mol. The van der Waals surface area contributed by atoms with Gasteiger partial charge in [-0.25, -0.2) is 0 Å². The Hall–Kier alpha value is -4.04. The molecule has 1 aliphatic carbocycles. The smallest absolute Gasteiger partial charge is 0.292 e. The average molecular weight is 459 g/mol. The second-order valence-corrected chi connectivity index (χ2v) is 8.53. The number of hydrogen-bond acceptors (Lipinski definition) is 6. The molecule has 34 heavy (non-hydrogen) atoms. The first kappa shape index (κ1) is 23.1. The van der Waals surface area contributed by atoms with Crippen LogP contribution in [0.15, 0.2) is 60.7 Å². The number of fused-ring (bicyclic) bond motifs is 2. The monoisotopic (exact) mass is 458 g/mol. The van der Waals surface area contributed by atoms with Crippen LogP contribution in [0.4, 0.5) is 17.1 Å². The van der Waals surface area contributed by atoms with Crippen molar-refractivity contribution in [3.63, 3.8) is 0 Å². The van der Waals surface area contributed by atoms with E-state index in [0.29, 0.717) is 47.5 Å². The van der Waals surface area contributed by atoms with Crippen LogP contribution < -0.4 is 10.6 Å². The normalized spacial score (nSPS) is 12.5. The molecule has 3 aromatic rings. The number of nitrogens with zero attached hydrogens (tertiary/aromatic N) is 2. The SMILES string of the molecule is CN(C)CCNC(=O)c1ccc2c(c1)C(=O)c1ccc(Nc3ccccc3[N+](=O)[O-])cc1CC2. The predicted octanol–water partition coefficient (Wildman–Crippen LogP) is 3.96. The number of rotatable bonds is 7. The molecule has 0 atom stereocenters. The number of para-hydroxylation sites is 2. The molecule has 1 amide bonds. The van der Waals surface area contributed by atoms with Gasteiger partial charge in [-0.3, -0.25) is 19.7 Å². The van der Waals surface area contributed by atoms with Gasteiger partial charge in [0, 0.05) is 41.5 Å². The number of ketones is 1. The molecule has 0 aliphatic heterocycles. The summed E-state index contributed by atoms with van der Waals surface area (Å²) in [6.07, 6.45) is 1.31. The van der Waals surface area contributed by atoms with Gasteiger partial charge in [0.15, 0.2) is 5.78 Å². The Bertz CT molecular complexity index is 1270. The molecule has 1 aliphatic rings. The van der Waals surface area contributed by atoms with Gasteiger partial charge in [-0.05, 0) is 74.5 Å². The lowest BCUT2D eigenvalue weighted by molar-refractivity contribution is -0.383. The fourth-order valence-electron chi connectivity index (χ4n) is 4.05. The maximum Gasteiger partial charge on any atom is 0.292 e. The largest absolute Gasteiger partial charge is 0.351 e. The molecule has 8 heteroatoms. The summed E-state index contributed by atoms with van der Waals surface area (Å²) in [6.45, 7) is 1.25. The first-order chi connectivity index (χ1) is 16.3. The van der Waals surface area contributed by atoms with Crippen LogP contribution in [0.5, 0.6) is 0 Å². The zero-order valence-electron chi connectivity index (χ0n) is 19.1. The van der Waals surface area contributed by atoms with E-state index in [0.717, 1.165) is 17.7 Å². The second-order valence-electron chi connectivity index (χ2n) is 8.53. The average Bonchev–Trinajstić information content (AvgIpc) is 2.95. The summed E-state index contributed by atoms with van der Waals surface area (Å²) in [7, 11) is 3.87. The molecule has 0 aromatic heterocycles. The Morgan fingerprint density at radius 3 is 2.53 bits per heavy atom. The number of likely N-dealkylation sites (N-methyl/N-ethyl adjacent to an activating group) is 1. The molecule has 0 radical (unpaired) electrons. The minimum Gasteiger partial charge on any atom is -0.351 e. The number of amides is 1. The van der Waals surface area contributed by atoms with Gasteiger partial charge in [0.25, 0.3) is 11.6 Å². The van der Waals surface area contributed by atoms with Crippen LogP contribution in [0.1, 0.15) is 37.4 Å². The highest BCUT2D eigenvalue weighted by molar-refractivity contribution is 6.12. The minimum absolute atomic E-state index is 0.0164. The lowest BCUT2D eigenvalue weighted by atomic mass is 9.96. The molecular weight excluding hydrogens is 432 g/mol. The van der Waals surface area contributed by atoms with Crippen molar-refractivity contribution in [3.8, 4) is 0 Å². The maximum absolute atomic E-state index is 13.4. The maximum atomic E-state index is 13.4. The fourth-order valence-corrected chi connectivity index (χ4v) is 4.05. The van der Waals surface area contributed by atoms with E-state index in [9.17, 15) is 19.7 Å². The number of carbonyl (C=O) groups is 2. The molecule has 0 fully saturated rings. The van der Waals surface area contributed by atoms with Crippen LogP contribution in [-0.4, -0.2) is 48.7 Å². The molecule has 2 N–H and O–H groups in total. The number of nitro benzene ring substituents is 1. The van der Waals surface area contributed by atoms with Crippen molar-refractivity contribution < 1.29 is 14.5 Å². The summed E-state index contributed by atoms with van der Waals surface area (Å²) in [5, 5.41) is 17.3. The summed E-state index contributed by atoms with van der Waals surface area (Å²) >= 11 is 0. The first-order valence-corrected chi connectivity index (χ1v) is 11.1. The Kier molecular flexibility index (Phi) is 6.70. The molecule has 174 valence electrons. The lowest BCUT2D eigenvalue weighted by Gasteiger charge is -2.12. The van der Waals surface area contributed by atoms with E-state index in [1.54, 1.807) is 42.5 Å². The third-order valence-corrected chi connectivity index (χ3v) is 5.85. The van der Waals surface area contributed by atoms with Gasteiger partial charge in [0.1, 0.15) is 5.69 Å². The number of hydrogen-bond donors (Lipinski definition) is 2. The molecular formula is C26H26N4O4. The van der Waals surface area contributed by atoms with Gasteiger partial charge < -0.3 is 15.5 Å². The highest BCUT2D eigenvalue weighted by atomic mass is 16.6. The Morgan fingerprint density at radius 1 is 1.00 bits per heavy atom. The number of nitrogens with one attached hydrogen (secondary N) is 2. The highest BCUT2D eigenvalue weighted by Gasteiger charge is 2.23. The van der Waals surface area contributed by atoms with Gasteiger partial charge in [-0.15, -0.1) is 0 Å². The van der Waals surface area contributed by atoms with E-state index < -0.39 is 4.92 Å².